The lowest BCUT2D eigenvalue weighted by atomic mass is 9.78. The second-order valence-corrected chi connectivity index (χ2v) is 6.27. The van der Waals surface area contributed by atoms with E-state index in [0.29, 0.717) is 23.8 Å². The highest BCUT2D eigenvalue weighted by atomic mass is 15.2. The van der Waals surface area contributed by atoms with Crippen LogP contribution in [0.4, 0.5) is 0 Å². The fourth-order valence-corrected chi connectivity index (χ4v) is 3.98. The highest BCUT2D eigenvalue weighted by molar-refractivity contribution is 5.19. The molecule has 2 bridgehead atoms. The minimum Gasteiger partial charge on any atom is -0.297 e. The van der Waals surface area contributed by atoms with Gasteiger partial charge >= 0.3 is 0 Å². The molecule has 0 amide bonds. The fourth-order valence-electron chi connectivity index (χ4n) is 3.98. The van der Waals surface area contributed by atoms with Crippen molar-refractivity contribution in [3.05, 3.63) is 12.2 Å². The Balaban J connectivity index is 2.08. The molecule has 2 aliphatic carbocycles. The summed E-state index contributed by atoms with van der Waals surface area (Å²) in [6.07, 6.45) is 5.48. The maximum absolute atomic E-state index is 9.11. The van der Waals surface area contributed by atoms with Crippen LogP contribution in [-0.4, -0.2) is 23.5 Å². The summed E-state index contributed by atoms with van der Waals surface area (Å²) in [5.41, 5.74) is 0. The zero-order valence-corrected chi connectivity index (χ0v) is 10.9. The smallest absolute Gasteiger partial charge is 0.0329 e. The van der Waals surface area contributed by atoms with Crippen LogP contribution >= 0.6 is 0 Å². The normalized spacial score (nSPS) is 57.2. The molecule has 0 aromatic rings. The third-order valence-corrected chi connectivity index (χ3v) is 4.63. The Morgan fingerprint density at radius 1 is 1.19 bits per heavy atom. The van der Waals surface area contributed by atoms with Crippen LogP contribution in [0.3, 0.4) is 0 Å². The van der Waals surface area contributed by atoms with E-state index in [1.54, 1.807) is 0 Å². The van der Waals surface area contributed by atoms with Gasteiger partial charge in [-0.05, 0) is 49.8 Å². The van der Waals surface area contributed by atoms with Crippen molar-refractivity contribution >= 4 is 0 Å². The number of hydrogen-bond acceptors (Lipinski definition) is 1. The van der Waals surface area contributed by atoms with Crippen LogP contribution in [-0.2, 0) is 0 Å². The van der Waals surface area contributed by atoms with Gasteiger partial charge in [-0.3, -0.25) is 4.90 Å². The van der Waals surface area contributed by atoms with E-state index < -0.39 is 11.8 Å². The number of fused-ring (bicyclic) bond motifs is 5. The van der Waals surface area contributed by atoms with Crippen LogP contribution in [0.5, 0.6) is 0 Å². The third-order valence-electron chi connectivity index (χ3n) is 4.63. The summed E-state index contributed by atoms with van der Waals surface area (Å²) in [5, 5.41) is 0. The van der Waals surface area contributed by atoms with Gasteiger partial charge in [-0.15, -0.1) is 0 Å². The lowest BCUT2D eigenvalue weighted by molar-refractivity contribution is 0.128. The van der Waals surface area contributed by atoms with E-state index in [1.807, 2.05) is 0 Å². The van der Waals surface area contributed by atoms with Crippen molar-refractivity contribution < 1.29 is 2.74 Å². The van der Waals surface area contributed by atoms with E-state index in [9.17, 15) is 0 Å². The highest BCUT2D eigenvalue weighted by Crippen LogP contribution is 2.55. The van der Waals surface area contributed by atoms with E-state index in [0.717, 1.165) is 13.0 Å². The van der Waals surface area contributed by atoms with Crippen LogP contribution in [0.1, 0.15) is 36.9 Å². The number of likely N-dealkylation sites (tertiary alicyclic amines) is 1. The zero-order chi connectivity index (χ0) is 13.3. The van der Waals surface area contributed by atoms with Crippen LogP contribution in [0.2, 0.25) is 0 Å². The Kier molecular flexibility index (Phi) is 1.96. The van der Waals surface area contributed by atoms with Crippen molar-refractivity contribution in [1.82, 2.24) is 4.90 Å². The number of rotatable bonds is 2. The molecule has 1 nitrogen and oxygen atoms in total. The van der Waals surface area contributed by atoms with Crippen LogP contribution in [0, 0.1) is 29.5 Å². The lowest BCUT2D eigenvalue weighted by Crippen LogP contribution is -2.42. The Bertz CT molecular complexity index is 392. The summed E-state index contributed by atoms with van der Waals surface area (Å²) in [6, 6.07) is 0.668. The fraction of sp³-hybridized carbons (Fsp3) is 0.867. The van der Waals surface area contributed by atoms with Gasteiger partial charge in [-0.1, -0.05) is 26.0 Å². The van der Waals surface area contributed by atoms with Gasteiger partial charge in [0, 0.05) is 21.4 Å². The van der Waals surface area contributed by atoms with Gasteiger partial charge in [0.25, 0.3) is 0 Å². The van der Waals surface area contributed by atoms with E-state index >= 15 is 0 Å². The lowest BCUT2D eigenvalue weighted by Gasteiger charge is -2.35. The van der Waals surface area contributed by atoms with Crippen LogP contribution in [0.15, 0.2) is 12.2 Å². The number of allylic oxidation sites excluding steroid dienone is 2. The summed E-state index contributed by atoms with van der Waals surface area (Å²) in [6.45, 7) is 9.63. The van der Waals surface area contributed by atoms with Crippen LogP contribution in [0.25, 0.3) is 0 Å². The summed E-state index contributed by atoms with van der Waals surface area (Å²) >= 11 is 0. The predicted molar refractivity (Wildman–Crippen MR) is 68.2 cm³/mol. The first-order chi connectivity index (χ1) is 8.32. The molecule has 0 spiro atoms. The molecule has 1 heteroatoms. The van der Waals surface area contributed by atoms with Crippen molar-refractivity contribution in [1.29, 1.82) is 0 Å². The van der Waals surface area contributed by atoms with Gasteiger partial charge < -0.3 is 0 Å². The zero-order valence-electron chi connectivity index (χ0n) is 12.9. The van der Waals surface area contributed by atoms with Gasteiger partial charge in [-0.2, -0.15) is 0 Å². The molecule has 0 radical (unpaired) electrons. The molecule has 0 N–H and O–H groups in total. The second-order valence-electron chi connectivity index (χ2n) is 6.27. The van der Waals surface area contributed by atoms with Crippen molar-refractivity contribution in [3.8, 4) is 0 Å². The van der Waals surface area contributed by atoms with Crippen molar-refractivity contribution in [2.24, 2.45) is 29.5 Å². The Hall–Kier alpha value is -0.300. The Morgan fingerprint density at radius 3 is 2.50 bits per heavy atom. The first-order valence-electron chi connectivity index (χ1n) is 7.76. The number of hydrogen-bond donors (Lipinski definition) is 0. The maximum atomic E-state index is 9.11. The minimum absolute atomic E-state index is 0.231. The van der Waals surface area contributed by atoms with Crippen molar-refractivity contribution in [2.75, 3.05) is 6.54 Å². The molecule has 0 aromatic heterocycles. The molecule has 1 aliphatic heterocycles. The molecule has 5 atom stereocenters. The van der Waals surface area contributed by atoms with E-state index in [-0.39, 0.29) is 6.04 Å². The molecule has 1 heterocycles. The molecule has 0 aromatic carbocycles. The second kappa shape index (κ2) is 3.60. The molecule has 5 unspecified atom stereocenters. The number of nitrogens with zero attached hydrogens (tertiary/aromatic N) is 1. The predicted octanol–water partition coefficient (Wildman–Crippen LogP) is 3.17. The van der Waals surface area contributed by atoms with Gasteiger partial charge in [0.2, 0.25) is 0 Å². The minimum atomic E-state index is -0.592. The highest BCUT2D eigenvalue weighted by Gasteiger charge is 2.55. The molecule has 1 saturated carbocycles. The summed E-state index contributed by atoms with van der Waals surface area (Å²) in [4.78, 5) is 2.43. The van der Waals surface area contributed by atoms with Crippen LogP contribution < -0.4 is 0 Å². The standard InChI is InChI=1S/C15H25N/c1-9(2)15-14-12-6-5-11(7-12)13(14)8-16(15)10(3)4/h5-6,9-15H,7-8H2,1-4H3/i13D,14D. The molecular formula is C15H25N. The average Bonchev–Trinajstić information content (AvgIpc) is 2.86. The Morgan fingerprint density at radius 2 is 1.88 bits per heavy atom. The SMILES string of the molecule is [2H]C12CN(C(C)C)C(C(C)C)C1([2H])C1C=CC2C1. The molecule has 3 aliphatic rings. The summed E-state index contributed by atoms with van der Waals surface area (Å²) < 4.78 is 18.1. The largest absolute Gasteiger partial charge is 0.297 e. The first-order valence-corrected chi connectivity index (χ1v) is 6.76. The molecule has 3 rings (SSSR count). The van der Waals surface area contributed by atoms with Gasteiger partial charge in [0.05, 0.1) is 0 Å². The average molecular weight is 221 g/mol. The Labute approximate surface area is 103 Å². The molecular weight excluding hydrogens is 194 g/mol. The molecule has 1 saturated heterocycles. The third kappa shape index (κ3) is 1.33. The molecule has 90 valence electrons. The first kappa shape index (κ1) is 8.74. The van der Waals surface area contributed by atoms with E-state index in [2.05, 4.69) is 44.7 Å². The van der Waals surface area contributed by atoms with Gasteiger partial charge in [0.1, 0.15) is 0 Å². The van der Waals surface area contributed by atoms with E-state index in [1.165, 1.54) is 0 Å². The molecule has 2 fully saturated rings. The van der Waals surface area contributed by atoms with Gasteiger partial charge in [0.15, 0.2) is 0 Å². The quantitative estimate of drug-likeness (QED) is 0.647. The summed E-state index contributed by atoms with van der Waals surface area (Å²) in [5.74, 6) is -0.109. The van der Waals surface area contributed by atoms with E-state index in [4.69, 9.17) is 2.74 Å². The van der Waals surface area contributed by atoms with Crippen molar-refractivity contribution in [3.63, 3.8) is 0 Å². The maximum Gasteiger partial charge on any atom is 0.0329 e. The topological polar surface area (TPSA) is 3.24 Å². The summed E-state index contributed by atoms with van der Waals surface area (Å²) in [7, 11) is 0. The van der Waals surface area contributed by atoms with Crippen molar-refractivity contribution in [2.45, 2.75) is 46.2 Å². The van der Waals surface area contributed by atoms with Gasteiger partial charge in [-0.25, -0.2) is 0 Å². The molecule has 16 heavy (non-hydrogen) atoms. The monoisotopic (exact) mass is 221 g/mol.